The second kappa shape index (κ2) is 6.38. The lowest BCUT2D eigenvalue weighted by atomic mass is 9.79. The van der Waals surface area contributed by atoms with Crippen molar-refractivity contribution in [1.29, 1.82) is 0 Å². The van der Waals surface area contributed by atoms with Crippen LogP contribution < -0.4 is 5.32 Å². The quantitative estimate of drug-likeness (QED) is 0.838. The van der Waals surface area contributed by atoms with Crippen molar-refractivity contribution in [3.8, 4) is 0 Å². The molecule has 1 fully saturated rings. The third-order valence-electron chi connectivity index (χ3n) is 4.49. The second-order valence-corrected chi connectivity index (χ2v) is 6.22. The van der Waals surface area contributed by atoms with E-state index < -0.39 is 0 Å². The van der Waals surface area contributed by atoms with Gasteiger partial charge in [0.1, 0.15) is 0 Å². The number of hydrogen-bond donors (Lipinski definition) is 1. The van der Waals surface area contributed by atoms with Crippen molar-refractivity contribution in [1.82, 2.24) is 5.32 Å². The van der Waals surface area contributed by atoms with Gasteiger partial charge in [-0.1, -0.05) is 51.1 Å². The Morgan fingerprint density at radius 3 is 2.56 bits per heavy atom. The molecule has 1 N–H and O–H groups in total. The first kappa shape index (κ1) is 13.6. The highest BCUT2D eigenvalue weighted by Gasteiger charge is 2.25. The first-order valence-corrected chi connectivity index (χ1v) is 7.45. The van der Waals surface area contributed by atoms with Crippen LogP contribution >= 0.6 is 0 Å². The van der Waals surface area contributed by atoms with Gasteiger partial charge in [-0.25, -0.2) is 0 Å². The van der Waals surface area contributed by atoms with Gasteiger partial charge in [0.2, 0.25) is 0 Å². The van der Waals surface area contributed by atoms with Gasteiger partial charge in [0.05, 0.1) is 0 Å². The van der Waals surface area contributed by atoms with Crippen molar-refractivity contribution in [2.24, 2.45) is 11.8 Å². The minimum absolute atomic E-state index is 0.609. The maximum atomic E-state index is 3.79. The predicted octanol–water partition coefficient (Wildman–Crippen LogP) is 4.20. The van der Waals surface area contributed by atoms with Crippen LogP contribution in [0.25, 0.3) is 0 Å². The van der Waals surface area contributed by atoms with Crippen LogP contribution in [0.2, 0.25) is 0 Å². The molecule has 0 spiro atoms. The lowest BCUT2D eigenvalue weighted by molar-refractivity contribution is 0.226. The summed E-state index contributed by atoms with van der Waals surface area (Å²) < 4.78 is 0. The molecule has 1 aromatic rings. The van der Waals surface area contributed by atoms with E-state index in [1.54, 1.807) is 0 Å². The summed E-state index contributed by atoms with van der Waals surface area (Å²) in [5.41, 5.74) is 1.45. The molecular weight excluding hydrogens is 218 g/mol. The van der Waals surface area contributed by atoms with Crippen LogP contribution in [0, 0.1) is 11.8 Å². The Labute approximate surface area is 112 Å². The van der Waals surface area contributed by atoms with Crippen molar-refractivity contribution in [2.75, 3.05) is 6.54 Å². The topological polar surface area (TPSA) is 12.0 Å². The lowest BCUT2D eigenvalue weighted by Gasteiger charge is -2.34. The molecule has 0 aromatic heterocycles. The Bertz CT molecular complexity index is 346. The third kappa shape index (κ3) is 3.58. The molecule has 0 bridgehead atoms. The fraction of sp³-hybridized carbons (Fsp3) is 0.647. The highest BCUT2D eigenvalue weighted by molar-refractivity contribution is 5.19. The zero-order valence-corrected chi connectivity index (χ0v) is 12.0. The number of nitrogens with one attached hydrogen (secondary N) is 1. The minimum atomic E-state index is 0.609. The van der Waals surface area contributed by atoms with Gasteiger partial charge in [-0.05, 0) is 42.6 Å². The second-order valence-electron chi connectivity index (χ2n) is 6.22. The molecule has 1 nitrogen and oxygen atoms in total. The van der Waals surface area contributed by atoms with Crippen LogP contribution in [0.15, 0.2) is 30.3 Å². The summed E-state index contributed by atoms with van der Waals surface area (Å²) in [6.07, 6.45) is 4.13. The summed E-state index contributed by atoms with van der Waals surface area (Å²) in [6, 6.07) is 11.6. The smallest absolute Gasteiger partial charge is 0.00931 e. The summed E-state index contributed by atoms with van der Waals surface area (Å²) in [5, 5.41) is 3.79. The van der Waals surface area contributed by atoms with Gasteiger partial charge in [0.25, 0.3) is 0 Å². The molecule has 100 valence electrons. The highest BCUT2D eigenvalue weighted by Crippen LogP contribution is 2.29. The fourth-order valence-electron chi connectivity index (χ4n) is 3.20. The maximum Gasteiger partial charge on any atom is 0.00931 e. The Morgan fingerprint density at radius 1 is 1.17 bits per heavy atom. The lowest BCUT2D eigenvalue weighted by Crippen LogP contribution is -2.40. The molecule has 0 heterocycles. The molecule has 1 heteroatoms. The predicted molar refractivity (Wildman–Crippen MR) is 78.8 cm³/mol. The van der Waals surface area contributed by atoms with Gasteiger partial charge in [0.15, 0.2) is 0 Å². The summed E-state index contributed by atoms with van der Waals surface area (Å²) in [6.45, 7) is 8.21. The molecule has 4 atom stereocenters. The van der Waals surface area contributed by atoms with E-state index >= 15 is 0 Å². The molecule has 0 aliphatic heterocycles. The SMILES string of the molecule is CC1CCC(NCC(C)c2ccccc2)C(C)C1. The normalized spacial score (nSPS) is 30.1. The van der Waals surface area contributed by atoms with Crippen LogP contribution in [0.3, 0.4) is 0 Å². The molecule has 0 saturated heterocycles. The van der Waals surface area contributed by atoms with E-state index in [0.717, 1.165) is 24.4 Å². The first-order valence-electron chi connectivity index (χ1n) is 7.45. The van der Waals surface area contributed by atoms with E-state index in [1.807, 2.05) is 0 Å². The molecule has 1 aliphatic rings. The maximum absolute atomic E-state index is 3.79. The molecule has 4 unspecified atom stereocenters. The molecule has 1 saturated carbocycles. The zero-order chi connectivity index (χ0) is 13.0. The Kier molecular flexibility index (Phi) is 4.82. The molecule has 0 radical (unpaired) electrons. The first-order chi connectivity index (χ1) is 8.66. The average molecular weight is 245 g/mol. The Morgan fingerprint density at radius 2 is 1.89 bits per heavy atom. The van der Waals surface area contributed by atoms with Crippen LogP contribution in [-0.2, 0) is 0 Å². The highest BCUT2D eigenvalue weighted by atomic mass is 14.9. The van der Waals surface area contributed by atoms with Crippen molar-refractivity contribution in [3.63, 3.8) is 0 Å². The minimum Gasteiger partial charge on any atom is -0.313 e. The van der Waals surface area contributed by atoms with Crippen molar-refractivity contribution in [3.05, 3.63) is 35.9 Å². The Hall–Kier alpha value is -0.820. The largest absolute Gasteiger partial charge is 0.313 e. The van der Waals surface area contributed by atoms with E-state index in [1.165, 1.54) is 24.8 Å². The molecule has 0 amide bonds. The van der Waals surface area contributed by atoms with Crippen LogP contribution in [0.1, 0.15) is 51.5 Å². The summed E-state index contributed by atoms with van der Waals surface area (Å²) in [4.78, 5) is 0. The van der Waals surface area contributed by atoms with E-state index in [0.29, 0.717) is 5.92 Å². The van der Waals surface area contributed by atoms with Crippen LogP contribution in [0.4, 0.5) is 0 Å². The zero-order valence-electron chi connectivity index (χ0n) is 12.0. The van der Waals surface area contributed by atoms with Gasteiger partial charge >= 0.3 is 0 Å². The summed E-state index contributed by atoms with van der Waals surface area (Å²) in [7, 11) is 0. The third-order valence-corrected chi connectivity index (χ3v) is 4.49. The standard InChI is InChI=1S/C17H27N/c1-13-9-10-17(14(2)11-13)18-12-15(3)16-7-5-4-6-8-16/h4-8,13-15,17-18H,9-12H2,1-3H3. The van der Waals surface area contributed by atoms with E-state index in [4.69, 9.17) is 0 Å². The van der Waals surface area contributed by atoms with Gasteiger partial charge in [-0.2, -0.15) is 0 Å². The van der Waals surface area contributed by atoms with Crippen molar-refractivity contribution < 1.29 is 0 Å². The molecular formula is C17H27N. The Balaban J connectivity index is 1.81. The molecule has 2 rings (SSSR count). The number of benzene rings is 1. The molecule has 1 aliphatic carbocycles. The number of hydrogen-bond acceptors (Lipinski definition) is 1. The number of rotatable bonds is 4. The summed E-state index contributed by atoms with van der Waals surface area (Å²) in [5.74, 6) is 2.36. The van der Waals surface area contributed by atoms with E-state index in [9.17, 15) is 0 Å². The van der Waals surface area contributed by atoms with Crippen LogP contribution in [0.5, 0.6) is 0 Å². The monoisotopic (exact) mass is 245 g/mol. The summed E-state index contributed by atoms with van der Waals surface area (Å²) >= 11 is 0. The van der Waals surface area contributed by atoms with E-state index in [2.05, 4.69) is 56.4 Å². The molecule has 18 heavy (non-hydrogen) atoms. The average Bonchev–Trinajstić information content (AvgIpc) is 2.38. The van der Waals surface area contributed by atoms with Crippen molar-refractivity contribution in [2.45, 2.75) is 52.0 Å². The van der Waals surface area contributed by atoms with E-state index in [-0.39, 0.29) is 0 Å². The van der Waals surface area contributed by atoms with Crippen molar-refractivity contribution >= 4 is 0 Å². The van der Waals surface area contributed by atoms with Gasteiger partial charge in [-0.3, -0.25) is 0 Å². The van der Waals surface area contributed by atoms with Gasteiger partial charge in [-0.15, -0.1) is 0 Å². The molecule has 1 aromatic carbocycles. The fourth-order valence-corrected chi connectivity index (χ4v) is 3.20. The van der Waals surface area contributed by atoms with Crippen LogP contribution in [-0.4, -0.2) is 12.6 Å². The van der Waals surface area contributed by atoms with Gasteiger partial charge in [0, 0.05) is 12.6 Å². The van der Waals surface area contributed by atoms with Gasteiger partial charge < -0.3 is 5.32 Å².